The summed E-state index contributed by atoms with van der Waals surface area (Å²) in [5, 5.41) is 15.4. The van der Waals surface area contributed by atoms with Crippen molar-refractivity contribution < 1.29 is 24.2 Å². The molecule has 8 nitrogen and oxygen atoms in total. The summed E-state index contributed by atoms with van der Waals surface area (Å²) in [5.41, 5.74) is -1.84. The summed E-state index contributed by atoms with van der Waals surface area (Å²) in [7, 11) is 1.56. The van der Waals surface area contributed by atoms with Gasteiger partial charge in [-0.15, -0.1) is 0 Å². The van der Waals surface area contributed by atoms with Gasteiger partial charge in [-0.05, 0) is 32.6 Å². The van der Waals surface area contributed by atoms with E-state index in [1.807, 2.05) is 13.8 Å². The molecule has 3 rings (SSSR count). The molecule has 0 radical (unpaired) electrons. The Morgan fingerprint density at radius 1 is 1.34 bits per heavy atom. The Bertz CT molecular complexity index is 685. The fraction of sp³-hybridized carbons (Fsp3) is 0.857. The lowest BCUT2D eigenvalue weighted by Gasteiger charge is -2.36. The maximum Gasteiger partial charge on any atom is 0.245 e. The third-order valence-electron chi connectivity index (χ3n) is 7.35. The Hall–Kier alpha value is -1.67. The number of hydrogen-bond acceptors (Lipinski definition) is 5. The molecule has 0 aliphatic carbocycles. The van der Waals surface area contributed by atoms with Crippen LogP contribution in [0.5, 0.6) is 0 Å². The first-order valence-electron chi connectivity index (χ1n) is 10.8. The monoisotopic (exact) mass is 409 g/mol. The van der Waals surface area contributed by atoms with E-state index in [-0.39, 0.29) is 30.2 Å². The van der Waals surface area contributed by atoms with E-state index in [1.165, 1.54) is 4.90 Å². The molecule has 3 aliphatic heterocycles. The molecule has 2 bridgehead atoms. The van der Waals surface area contributed by atoms with Crippen LogP contribution in [-0.2, 0) is 19.1 Å². The second-order valence-corrected chi connectivity index (χ2v) is 9.09. The second-order valence-electron chi connectivity index (χ2n) is 9.09. The number of nitrogens with one attached hydrogen (secondary N) is 2. The molecule has 8 heteroatoms. The van der Waals surface area contributed by atoms with Crippen molar-refractivity contribution in [2.24, 2.45) is 17.8 Å². The third-order valence-corrected chi connectivity index (χ3v) is 7.35. The number of nitrogens with zero attached hydrogens (tertiary/aromatic N) is 1. The highest BCUT2D eigenvalue weighted by Crippen LogP contribution is 2.65. The van der Waals surface area contributed by atoms with Crippen LogP contribution in [0.25, 0.3) is 0 Å². The van der Waals surface area contributed by atoms with Gasteiger partial charge in [-0.2, -0.15) is 0 Å². The molecule has 3 aliphatic rings. The van der Waals surface area contributed by atoms with Gasteiger partial charge in [-0.1, -0.05) is 26.7 Å². The number of aliphatic hydroxyl groups excluding tert-OH is 1. The number of aliphatic hydroxyl groups is 1. The summed E-state index contributed by atoms with van der Waals surface area (Å²) in [6, 6.07) is -1.38. The summed E-state index contributed by atoms with van der Waals surface area (Å²) < 4.78 is 6.51. The molecule has 0 aromatic heterocycles. The van der Waals surface area contributed by atoms with E-state index in [2.05, 4.69) is 17.6 Å². The van der Waals surface area contributed by atoms with E-state index in [1.54, 1.807) is 14.0 Å². The second kappa shape index (κ2) is 7.87. The Morgan fingerprint density at radius 2 is 2.03 bits per heavy atom. The molecule has 3 amide bonds. The predicted octanol–water partition coefficient (Wildman–Crippen LogP) is 0.430. The standard InChI is InChI=1S/C21H35N3O5/c1-6-7-8-9-23-18(27)16-21-10-12(2)20(4,29-21)14(17(26)22-5)15(21)19(28)24(16)13(3)11-25/h12-16,25H,6-11H2,1-5H3,(H,22,26)(H,23,27)/t12?,13-,14-,15+,16?,20+,21?/m1/s1. The lowest BCUT2D eigenvalue weighted by atomic mass is 9.62. The number of amides is 3. The smallest absolute Gasteiger partial charge is 0.245 e. The molecule has 29 heavy (non-hydrogen) atoms. The van der Waals surface area contributed by atoms with Crippen LogP contribution in [0, 0.1) is 17.8 Å². The maximum absolute atomic E-state index is 13.5. The lowest BCUT2D eigenvalue weighted by Crippen LogP contribution is -2.57. The van der Waals surface area contributed by atoms with Crippen molar-refractivity contribution in [3.05, 3.63) is 0 Å². The first kappa shape index (κ1) is 22.0. The van der Waals surface area contributed by atoms with Gasteiger partial charge in [-0.25, -0.2) is 0 Å². The lowest BCUT2D eigenvalue weighted by molar-refractivity contribution is -0.150. The molecule has 7 atom stereocenters. The number of carbonyl (C=O) groups excluding carboxylic acids is 3. The van der Waals surface area contributed by atoms with Crippen molar-refractivity contribution in [1.29, 1.82) is 0 Å². The molecule has 0 aromatic rings. The predicted molar refractivity (Wildman–Crippen MR) is 107 cm³/mol. The van der Waals surface area contributed by atoms with Crippen molar-refractivity contribution in [1.82, 2.24) is 15.5 Å². The van der Waals surface area contributed by atoms with Gasteiger partial charge in [0.2, 0.25) is 17.7 Å². The SMILES string of the molecule is CCCCCNC(=O)C1N([C@H](C)CO)C(=O)[C@@H]2[C@H](C(=O)NC)[C@@]3(C)OC12CC3C. The molecule has 164 valence electrons. The van der Waals surface area contributed by atoms with Gasteiger partial charge in [0.15, 0.2) is 0 Å². The van der Waals surface area contributed by atoms with E-state index >= 15 is 0 Å². The van der Waals surface area contributed by atoms with E-state index in [0.717, 1.165) is 19.3 Å². The molecule has 3 unspecified atom stereocenters. The van der Waals surface area contributed by atoms with E-state index in [9.17, 15) is 19.5 Å². The van der Waals surface area contributed by atoms with Crippen LogP contribution in [0.2, 0.25) is 0 Å². The van der Waals surface area contributed by atoms with Crippen molar-refractivity contribution in [3.8, 4) is 0 Å². The number of ether oxygens (including phenoxy) is 1. The minimum absolute atomic E-state index is 0.0219. The van der Waals surface area contributed by atoms with Crippen molar-refractivity contribution in [3.63, 3.8) is 0 Å². The van der Waals surface area contributed by atoms with E-state index < -0.39 is 35.1 Å². The van der Waals surface area contributed by atoms with Gasteiger partial charge in [0.25, 0.3) is 0 Å². The highest BCUT2D eigenvalue weighted by Gasteiger charge is 2.80. The molecule has 3 fully saturated rings. The number of likely N-dealkylation sites (tertiary alicyclic amines) is 1. The molecule has 3 saturated heterocycles. The molecular formula is C21H35N3O5. The average molecular weight is 410 g/mol. The molecule has 3 heterocycles. The molecule has 1 spiro atoms. The summed E-state index contributed by atoms with van der Waals surface area (Å²) in [6.45, 7) is 7.99. The first-order chi connectivity index (χ1) is 13.7. The molecular weight excluding hydrogens is 374 g/mol. The van der Waals surface area contributed by atoms with Crippen LogP contribution in [0.15, 0.2) is 0 Å². The first-order valence-corrected chi connectivity index (χ1v) is 10.8. The summed E-state index contributed by atoms with van der Waals surface area (Å²) in [4.78, 5) is 41.1. The maximum atomic E-state index is 13.5. The highest BCUT2D eigenvalue weighted by molar-refractivity contribution is 5.99. The average Bonchev–Trinajstić information content (AvgIpc) is 3.21. The molecule has 0 aromatic carbocycles. The van der Waals surface area contributed by atoms with Gasteiger partial charge in [0.05, 0.1) is 30.1 Å². The highest BCUT2D eigenvalue weighted by atomic mass is 16.5. The van der Waals surface area contributed by atoms with Crippen LogP contribution in [0.4, 0.5) is 0 Å². The van der Waals surface area contributed by atoms with Gasteiger partial charge in [0, 0.05) is 13.6 Å². The van der Waals surface area contributed by atoms with Crippen LogP contribution in [-0.4, -0.2) is 71.2 Å². The Balaban J connectivity index is 2.01. The zero-order chi connectivity index (χ0) is 21.6. The number of carbonyl (C=O) groups is 3. The van der Waals surface area contributed by atoms with E-state index in [0.29, 0.717) is 13.0 Å². The zero-order valence-electron chi connectivity index (χ0n) is 18.2. The number of unbranched alkanes of at least 4 members (excludes halogenated alkanes) is 2. The minimum Gasteiger partial charge on any atom is -0.394 e. The normalized spacial score (nSPS) is 38.8. The molecule has 3 N–H and O–H groups in total. The fourth-order valence-electron chi connectivity index (χ4n) is 5.78. The van der Waals surface area contributed by atoms with Crippen molar-refractivity contribution >= 4 is 17.7 Å². The van der Waals surface area contributed by atoms with E-state index in [4.69, 9.17) is 4.74 Å². The quantitative estimate of drug-likeness (QED) is 0.504. The van der Waals surface area contributed by atoms with Crippen LogP contribution >= 0.6 is 0 Å². The topological polar surface area (TPSA) is 108 Å². The third kappa shape index (κ3) is 3.06. The van der Waals surface area contributed by atoms with Crippen molar-refractivity contribution in [2.75, 3.05) is 20.2 Å². The van der Waals surface area contributed by atoms with Gasteiger partial charge >= 0.3 is 0 Å². The summed E-state index contributed by atoms with van der Waals surface area (Å²) in [6.07, 6.45) is 3.46. The number of rotatable bonds is 8. The zero-order valence-corrected chi connectivity index (χ0v) is 18.2. The van der Waals surface area contributed by atoms with Gasteiger partial charge in [0.1, 0.15) is 11.6 Å². The largest absolute Gasteiger partial charge is 0.394 e. The Morgan fingerprint density at radius 3 is 2.62 bits per heavy atom. The summed E-state index contributed by atoms with van der Waals surface area (Å²) >= 11 is 0. The van der Waals surface area contributed by atoms with Gasteiger partial charge in [-0.3, -0.25) is 14.4 Å². The fourth-order valence-corrected chi connectivity index (χ4v) is 5.78. The van der Waals surface area contributed by atoms with Crippen LogP contribution in [0.3, 0.4) is 0 Å². The van der Waals surface area contributed by atoms with Crippen molar-refractivity contribution in [2.45, 2.75) is 76.7 Å². The summed E-state index contributed by atoms with van der Waals surface area (Å²) in [5.74, 6) is -2.12. The Kier molecular flexibility index (Phi) is 5.98. The minimum atomic E-state index is -1.04. The molecule has 0 saturated carbocycles. The number of fused-ring (bicyclic) bond motifs is 1. The van der Waals surface area contributed by atoms with Crippen LogP contribution < -0.4 is 10.6 Å². The van der Waals surface area contributed by atoms with Crippen LogP contribution in [0.1, 0.15) is 53.4 Å². The van der Waals surface area contributed by atoms with Gasteiger partial charge < -0.3 is 25.4 Å². The Labute approximate surface area is 172 Å². The number of hydrogen-bond donors (Lipinski definition) is 3.